The van der Waals surface area contributed by atoms with Gasteiger partial charge in [-0.25, -0.2) is 0 Å². The van der Waals surface area contributed by atoms with Gasteiger partial charge in [-0.05, 0) is 22.0 Å². The minimum Gasteiger partial charge on any atom is -0.388 e. The molecule has 0 fully saturated rings. The van der Waals surface area contributed by atoms with Crippen LogP contribution in [0, 0.1) is 10.8 Å². The molecule has 2 N–H and O–H groups in total. The summed E-state index contributed by atoms with van der Waals surface area (Å²) in [4.78, 5) is 0. The lowest BCUT2D eigenvalue weighted by Crippen LogP contribution is -2.19. The predicted octanol–water partition coefficient (Wildman–Crippen LogP) is 3.85. The molecule has 0 aromatic heterocycles. The molecule has 0 radical (unpaired) electrons. The Morgan fingerprint density at radius 1 is 0.667 bits per heavy atom. The smallest absolute Gasteiger partial charge is 0.0838 e. The minimum atomic E-state index is -0.488. The summed E-state index contributed by atoms with van der Waals surface area (Å²) in [6.07, 6.45) is -0.975. The number of aliphatic hydroxyl groups excluding tert-OH is 2. The third-order valence-corrected chi connectivity index (χ3v) is 3.21. The van der Waals surface area contributed by atoms with Crippen LogP contribution >= 0.6 is 0 Å². The van der Waals surface area contributed by atoms with Crippen LogP contribution in [0.4, 0.5) is 0 Å². The highest BCUT2D eigenvalue weighted by Crippen LogP contribution is 2.35. The summed E-state index contributed by atoms with van der Waals surface area (Å²) in [7, 11) is 0. The van der Waals surface area contributed by atoms with E-state index < -0.39 is 12.2 Å². The van der Waals surface area contributed by atoms with Crippen LogP contribution in [-0.4, -0.2) is 10.2 Å². The van der Waals surface area contributed by atoms with E-state index >= 15 is 0 Å². The number of aliphatic hydroxyl groups is 2. The molecule has 0 aliphatic rings. The van der Waals surface area contributed by atoms with Crippen molar-refractivity contribution >= 4 is 0 Å². The lowest BCUT2D eigenvalue weighted by atomic mass is 9.82. The maximum atomic E-state index is 10.2. The standard InChI is InChI=1S/C16H26O2/c1-15(2,3)13(17)11-7-9-12(10-8-11)14(18)16(4,5)6/h7-10,13-14,17-18H,1-6H3/t13-,14-/m1/s1. The second-order valence-corrected chi connectivity index (χ2v) is 7.20. The lowest BCUT2D eigenvalue weighted by molar-refractivity contribution is 0.0597. The maximum Gasteiger partial charge on any atom is 0.0838 e. The molecule has 18 heavy (non-hydrogen) atoms. The van der Waals surface area contributed by atoms with Gasteiger partial charge in [-0.2, -0.15) is 0 Å². The van der Waals surface area contributed by atoms with Crippen molar-refractivity contribution in [3.05, 3.63) is 35.4 Å². The molecule has 0 unspecified atom stereocenters. The molecule has 0 bridgehead atoms. The van der Waals surface area contributed by atoms with Crippen LogP contribution < -0.4 is 0 Å². The van der Waals surface area contributed by atoms with Gasteiger partial charge in [0.05, 0.1) is 12.2 Å². The topological polar surface area (TPSA) is 40.5 Å². The van der Waals surface area contributed by atoms with E-state index in [0.717, 1.165) is 11.1 Å². The Morgan fingerprint density at radius 2 is 0.889 bits per heavy atom. The molecule has 1 aromatic rings. The molecular formula is C16H26O2. The Bertz CT molecular complexity index is 340. The Kier molecular flexibility index (Phi) is 4.24. The summed E-state index contributed by atoms with van der Waals surface area (Å²) in [6.45, 7) is 12.1. The summed E-state index contributed by atoms with van der Waals surface area (Å²) in [5.41, 5.74) is 1.44. The zero-order valence-electron chi connectivity index (χ0n) is 12.4. The van der Waals surface area contributed by atoms with E-state index in [1.165, 1.54) is 0 Å². The van der Waals surface area contributed by atoms with Crippen molar-refractivity contribution in [3.63, 3.8) is 0 Å². The second-order valence-electron chi connectivity index (χ2n) is 7.20. The maximum absolute atomic E-state index is 10.2. The van der Waals surface area contributed by atoms with Gasteiger partial charge >= 0.3 is 0 Å². The van der Waals surface area contributed by atoms with Gasteiger partial charge in [0.2, 0.25) is 0 Å². The van der Waals surface area contributed by atoms with Crippen molar-refractivity contribution in [1.29, 1.82) is 0 Å². The van der Waals surface area contributed by atoms with Gasteiger partial charge in [0.1, 0.15) is 0 Å². The first-order chi connectivity index (χ1) is 8.03. The van der Waals surface area contributed by atoms with Gasteiger partial charge in [-0.15, -0.1) is 0 Å². The molecule has 0 aliphatic heterocycles. The summed E-state index contributed by atoms with van der Waals surface area (Å²) < 4.78 is 0. The van der Waals surface area contributed by atoms with Gasteiger partial charge in [0.25, 0.3) is 0 Å². The fraction of sp³-hybridized carbons (Fsp3) is 0.625. The molecule has 0 spiro atoms. The molecule has 0 amide bonds. The highest BCUT2D eigenvalue weighted by atomic mass is 16.3. The van der Waals surface area contributed by atoms with Crippen molar-refractivity contribution in [2.75, 3.05) is 0 Å². The third-order valence-electron chi connectivity index (χ3n) is 3.21. The zero-order valence-corrected chi connectivity index (χ0v) is 12.4. The number of hydrogen-bond donors (Lipinski definition) is 2. The Balaban J connectivity index is 2.94. The average Bonchev–Trinajstić information content (AvgIpc) is 2.25. The number of hydrogen-bond acceptors (Lipinski definition) is 2. The third kappa shape index (κ3) is 3.56. The Morgan fingerprint density at radius 3 is 1.06 bits per heavy atom. The van der Waals surface area contributed by atoms with Crippen LogP contribution in [0.25, 0.3) is 0 Å². The molecule has 102 valence electrons. The molecule has 0 aliphatic carbocycles. The lowest BCUT2D eigenvalue weighted by Gasteiger charge is -2.28. The van der Waals surface area contributed by atoms with E-state index in [2.05, 4.69) is 0 Å². The van der Waals surface area contributed by atoms with Crippen molar-refractivity contribution in [2.24, 2.45) is 10.8 Å². The molecule has 2 nitrogen and oxygen atoms in total. The van der Waals surface area contributed by atoms with Crippen molar-refractivity contribution in [1.82, 2.24) is 0 Å². The van der Waals surface area contributed by atoms with Crippen LogP contribution in [-0.2, 0) is 0 Å². The van der Waals surface area contributed by atoms with Crippen molar-refractivity contribution < 1.29 is 10.2 Å². The van der Waals surface area contributed by atoms with E-state index in [1.54, 1.807) is 0 Å². The van der Waals surface area contributed by atoms with Crippen LogP contribution in [0.3, 0.4) is 0 Å². The highest BCUT2D eigenvalue weighted by Gasteiger charge is 2.26. The SMILES string of the molecule is CC(C)(C)[C@H](O)c1ccc([C@@H](O)C(C)(C)C)cc1. The molecule has 2 atom stereocenters. The summed E-state index contributed by atoms with van der Waals surface area (Å²) >= 11 is 0. The fourth-order valence-corrected chi connectivity index (χ4v) is 1.86. The first-order valence-electron chi connectivity index (χ1n) is 6.49. The molecule has 0 heterocycles. The van der Waals surface area contributed by atoms with E-state index in [1.807, 2.05) is 65.8 Å². The monoisotopic (exact) mass is 250 g/mol. The van der Waals surface area contributed by atoms with E-state index in [4.69, 9.17) is 0 Å². The minimum absolute atomic E-state index is 0.176. The first kappa shape index (κ1) is 15.2. The van der Waals surface area contributed by atoms with E-state index in [9.17, 15) is 10.2 Å². The Labute approximate surface area is 111 Å². The van der Waals surface area contributed by atoms with Crippen LogP contribution in [0.2, 0.25) is 0 Å². The quantitative estimate of drug-likeness (QED) is 0.837. The van der Waals surface area contributed by atoms with E-state index in [-0.39, 0.29) is 10.8 Å². The normalized spacial score (nSPS) is 16.4. The van der Waals surface area contributed by atoms with Gasteiger partial charge in [0.15, 0.2) is 0 Å². The number of benzene rings is 1. The molecule has 1 rings (SSSR count). The zero-order chi connectivity index (χ0) is 14.1. The largest absolute Gasteiger partial charge is 0.388 e. The van der Waals surface area contributed by atoms with Gasteiger partial charge in [0, 0.05) is 0 Å². The van der Waals surface area contributed by atoms with E-state index in [0.29, 0.717) is 0 Å². The fourth-order valence-electron chi connectivity index (χ4n) is 1.86. The van der Waals surface area contributed by atoms with Crippen molar-refractivity contribution in [2.45, 2.75) is 53.8 Å². The molecular weight excluding hydrogens is 224 g/mol. The average molecular weight is 250 g/mol. The number of rotatable bonds is 2. The molecule has 1 aromatic carbocycles. The van der Waals surface area contributed by atoms with Crippen LogP contribution in [0.15, 0.2) is 24.3 Å². The van der Waals surface area contributed by atoms with Crippen LogP contribution in [0.1, 0.15) is 64.9 Å². The Hall–Kier alpha value is -0.860. The van der Waals surface area contributed by atoms with Gasteiger partial charge in [-0.3, -0.25) is 0 Å². The van der Waals surface area contributed by atoms with Gasteiger partial charge < -0.3 is 10.2 Å². The molecule has 0 saturated carbocycles. The van der Waals surface area contributed by atoms with Crippen LogP contribution in [0.5, 0.6) is 0 Å². The molecule has 0 saturated heterocycles. The summed E-state index contributed by atoms with van der Waals surface area (Å²) in [5, 5.41) is 20.4. The van der Waals surface area contributed by atoms with Gasteiger partial charge in [-0.1, -0.05) is 65.8 Å². The highest BCUT2D eigenvalue weighted by molar-refractivity contribution is 5.27. The van der Waals surface area contributed by atoms with Crippen molar-refractivity contribution in [3.8, 4) is 0 Å². The first-order valence-corrected chi connectivity index (χ1v) is 6.49. The summed E-state index contributed by atoms with van der Waals surface area (Å²) in [6, 6.07) is 7.61. The predicted molar refractivity (Wildman–Crippen MR) is 75.3 cm³/mol. The summed E-state index contributed by atoms with van der Waals surface area (Å²) in [5.74, 6) is 0. The molecule has 2 heteroatoms. The second kappa shape index (κ2) is 5.02.